The van der Waals surface area contributed by atoms with Crippen LogP contribution < -0.4 is 33.2 Å². The molecular weight excluding hydrogens is 1860 g/mol. The molecule has 11 N–H and O–H groups in total. The maximum Gasteiger partial charge on any atom is 0.298 e. The number of unbranched alkanes of at least 4 members (excludes halogenated alkanes) is 14. The summed E-state index contributed by atoms with van der Waals surface area (Å²) in [5.74, 6) is -1.05. The van der Waals surface area contributed by atoms with Crippen LogP contribution in [-0.4, -0.2) is 153 Å². The molecule has 14 aromatic rings. The van der Waals surface area contributed by atoms with E-state index in [1.807, 2.05) is 48.5 Å². The van der Waals surface area contributed by atoms with E-state index in [9.17, 15) is 87.9 Å². The van der Waals surface area contributed by atoms with Crippen molar-refractivity contribution >= 4 is 50.6 Å². The van der Waals surface area contributed by atoms with Crippen LogP contribution in [-0.2, 0) is 10.1 Å². The highest BCUT2D eigenvalue weighted by atomic mass is 32.2. The first-order valence-electron chi connectivity index (χ1n) is 46.5. The predicted molar refractivity (Wildman–Crippen MR) is 550 cm³/mol. The Kier molecular flexibility index (Phi) is 46.1. The molecule has 0 heterocycles. The van der Waals surface area contributed by atoms with E-state index < -0.39 is 38.1 Å². The van der Waals surface area contributed by atoms with Crippen molar-refractivity contribution in [2.75, 3.05) is 48.8 Å². The number of aromatic hydroxyl groups is 10. The Morgan fingerprint density at radius 2 is 0.451 bits per heavy atom. The van der Waals surface area contributed by atoms with Crippen molar-refractivity contribution in [1.29, 1.82) is 0 Å². The Bertz CT molecular complexity index is 6580. The highest BCUT2D eigenvalue weighted by Gasteiger charge is 2.26. The lowest BCUT2D eigenvalue weighted by Crippen LogP contribution is -2.07. The Hall–Kier alpha value is -16.7. The van der Waals surface area contributed by atoms with E-state index in [1.165, 1.54) is 210 Å². The van der Waals surface area contributed by atoms with Gasteiger partial charge < -0.3 is 84.2 Å². The molecule has 0 aliphatic heterocycles. The van der Waals surface area contributed by atoms with E-state index >= 15 is 0 Å². The van der Waals surface area contributed by atoms with Gasteiger partial charge in [-0.05, 0) is 116 Å². The van der Waals surface area contributed by atoms with Gasteiger partial charge in [-0.1, -0.05) is 268 Å². The van der Waals surface area contributed by atoms with Crippen molar-refractivity contribution in [3.8, 4) is 97.7 Å². The summed E-state index contributed by atoms with van der Waals surface area (Å²) in [6.45, 7) is 5.74. The molecule has 0 spiro atoms. The van der Waals surface area contributed by atoms with Crippen molar-refractivity contribution in [3.63, 3.8) is 0 Å². The van der Waals surface area contributed by atoms with Gasteiger partial charge in [0.05, 0.1) is 98.8 Å². The van der Waals surface area contributed by atoms with Crippen molar-refractivity contribution < 1.29 is 131 Å². The first-order chi connectivity index (χ1) is 69.4. The van der Waals surface area contributed by atoms with E-state index in [2.05, 4.69) is 13.8 Å². The fourth-order valence-electron chi connectivity index (χ4n) is 14.2. The number of phenolic OH excluding ortho intramolecular Hbond substituents is 10. The van der Waals surface area contributed by atoms with Gasteiger partial charge >= 0.3 is 0 Å². The zero-order valence-electron chi connectivity index (χ0n) is 81.1. The Balaban J connectivity index is 0.000000207. The lowest BCUT2D eigenvalue weighted by molar-refractivity contribution is 0.102. The van der Waals surface area contributed by atoms with Crippen LogP contribution in [0.3, 0.4) is 0 Å². The summed E-state index contributed by atoms with van der Waals surface area (Å²) in [4.78, 5) is 84.9. The quantitative estimate of drug-likeness (QED) is 0.00965. The first-order valence-corrected chi connectivity index (χ1v) is 48.0. The lowest BCUT2D eigenvalue weighted by Gasteiger charge is -2.10. The van der Waals surface area contributed by atoms with Crippen LogP contribution in [0, 0.1) is 0 Å². The minimum atomic E-state index is -4.59. The normalized spacial score (nSPS) is 10.4. The Morgan fingerprint density at radius 1 is 0.222 bits per heavy atom. The largest absolute Gasteiger partial charge is 0.508 e. The number of hydrogen-bond donors (Lipinski definition) is 11. The van der Waals surface area contributed by atoms with Gasteiger partial charge in [0.25, 0.3) is 10.1 Å². The van der Waals surface area contributed by atoms with Crippen LogP contribution in [0.2, 0.25) is 0 Å². The molecule has 752 valence electrons. The molecule has 0 saturated heterocycles. The molecule has 28 heteroatoms. The average Bonchev–Trinajstić information content (AvgIpc) is 0.778. The maximum atomic E-state index is 12.4. The number of hydrogen-bond acceptors (Lipinski definition) is 26. The van der Waals surface area contributed by atoms with Gasteiger partial charge in [0.15, 0.2) is 40.5 Å². The number of carbonyl (C=O) groups is 7. The molecule has 14 rings (SSSR count). The molecule has 0 amide bonds. The summed E-state index contributed by atoms with van der Waals surface area (Å²) in [5, 5.41) is 97.6. The summed E-state index contributed by atoms with van der Waals surface area (Å²) in [5.41, 5.74) is 3.73. The van der Waals surface area contributed by atoms with Crippen LogP contribution in [0.4, 0.5) is 0 Å². The third kappa shape index (κ3) is 35.0. The summed E-state index contributed by atoms with van der Waals surface area (Å²) >= 11 is 0. The average molecular weight is 1980 g/mol. The maximum absolute atomic E-state index is 12.4. The third-order valence-corrected chi connectivity index (χ3v) is 23.0. The van der Waals surface area contributed by atoms with E-state index in [4.69, 9.17) is 42.8 Å². The van der Waals surface area contributed by atoms with Crippen LogP contribution in [0.15, 0.2) is 320 Å². The van der Waals surface area contributed by atoms with E-state index in [0.717, 1.165) is 37.5 Å². The van der Waals surface area contributed by atoms with Crippen LogP contribution >= 0.6 is 0 Å². The number of methoxy groups -OCH3 is 5. The van der Waals surface area contributed by atoms with Crippen molar-refractivity contribution in [3.05, 3.63) is 393 Å². The van der Waals surface area contributed by atoms with Gasteiger partial charge in [0.2, 0.25) is 0 Å². The number of benzene rings is 14. The summed E-state index contributed by atoms with van der Waals surface area (Å²) in [6.07, 6.45) is 20.2. The zero-order chi connectivity index (χ0) is 104. The van der Waals surface area contributed by atoms with Crippen LogP contribution in [0.5, 0.6) is 97.7 Å². The molecular formula is C116H120O27S. The third-order valence-electron chi connectivity index (χ3n) is 22.1. The van der Waals surface area contributed by atoms with Crippen LogP contribution in [0.1, 0.15) is 228 Å². The first kappa shape index (κ1) is 113. The molecule has 0 aliphatic rings. The second kappa shape index (κ2) is 59.0. The minimum absolute atomic E-state index is 0.0329. The van der Waals surface area contributed by atoms with Gasteiger partial charge in [-0.2, -0.15) is 8.42 Å². The molecule has 0 aromatic heterocycles. The number of ketones is 7. The Labute approximate surface area is 837 Å². The van der Waals surface area contributed by atoms with Crippen molar-refractivity contribution in [1.82, 2.24) is 0 Å². The van der Waals surface area contributed by atoms with Gasteiger partial charge in [-0.25, -0.2) is 0 Å². The van der Waals surface area contributed by atoms with E-state index in [0.29, 0.717) is 81.1 Å². The molecule has 0 radical (unpaired) electrons. The summed E-state index contributed by atoms with van der Waals surface area (Å²) < 4.78 is 67.8. The molecule has 0 fully saturated rings. The van der Waals surface area contributed by atoms with Crippen LogP contribution in [0.25, 0.3) is 0 Å². The molecule has 144 heavy (non-hydrogen) atoms. The predicted octanol–water partition coefficient (Wildman–Crippen LogP) is 23.8. The van der Waals surface area contributed by atoms with Crippen molar-refractivity contribution in [2.24, 2.45) is 0 Å². The highest BCUT2D eigenvalue weighted by Crippen LogP contribution is 2.37. The fraction of sp³-hybridized carbons (Fsp3) is 0.216. The molecule has 0 unspecified atom stereocenters. The van der Waals surface area contributed by atoms with Gasteiger partial charge in [-0.3, -0.25) is 38.1 Å². The smallest absolute Gasteiger partial charge is 0.298 e. The second-order valence-electron chi connectivity index (χ2n) is 32.4. The van der Waals surface area contributed by atoms with E-state index in [1.54, 1.807) is 158 Å². The number of carbonyl (C=O) groups excluding carboxylic acids is 7. The van der Waals surface area contributed by atoms with Gasteiger partial charge in [0.1, 0.15) is 103 Å². The van der Waals surface area contributed by atoms with Gasteiger partial charge in [0, 0.05) is 76.3 Å². The molecule has 0 bridgehead atoms. The number of para-hydroxylation sites is 1. The SMILES string of the molecule is CCCCCCCCCCCCOc1ccc(C(=O)c2ccccc2)c(O)c1.CCCCCCCCOc1ccc(C(=O)c2ccccc2)c(O)c1.COc1cc(O)c(C(=O)c2ccccc2)cc1S(=O)(=O)O.COc1ccc(C(=O)c2ccc(OC)cc2O)c(O)c1.COc1ccc(C(=O)c2ccccc2)c(O)c1.COc1ccc(C(=O)c2ccccc2O)c(O)c1.O=C(c1ccccc1)c1ccc(O)cc1O. The number of rotatable bonds is 40. The summed E-state index contributed by atoms with van der Waals surface area (Å²) in [6, 6.07) is 83.0. The monoisotopic (exact) mass is 1980 g/mol. The second-order valence-corrected chi connectivity index (χ2v) is 33.8. The van der Waals surface area contributed by atoms with Gasteiger partial charge in [-0.15, -0.1) is 0 Å². The molecule has 0 aliphatic carbocycles. The topological polar surface area (TPSA) is 441 Å². The number of phenols is 10. The molecule has 0 saturated carbocycles. The fourth-order valence-corrected chi connectivity index (χ4v) is 14.9. The summed E-state index contributed by atoms with van der Waals surface area (Å²) in [7, 11) is 2.50. The van der Waals surface area contributed by atoms with Crippen molar-refractivity contribution in [2.45, 2.75) is 121 Å². The Morgan fingerprint density at radius 3 is 0.715 bits per heavy atom. The minimum Gasteiger partial charge on any atom is -0.508 e. The molecule has 14 aromatic carbocycles. The standard InChI is InChI=1S/C25H34O3.C21H26O3.C15H14O5.C14H12O6S.C14H12O4.C14H12O3.C13H10O3/c1-2-3-4-5-6-7-8-9-10-14-19-28-22-17-18-23(24(26)20-22)25(27)21-15-12-11-13-16-21;1-2-3-4-5-6-10-15-24-18-13-14-19(20(22)16-18)21(23)17-11-8-7-9-12-17;1-19-9-3-5-11(13(16)7-9)15(18)12-6-4-10(20-2)8-14(12)17;1-20-12-8-11(15)10(7-13(12)21(17,18)19)14(16)9-5-3-2-4-6-9;1-18-9-6-7-11(13(16)8-9)14(17)10-4-2-3-5-12(10)15;1-17-11-7-8-12(13(15)9-11)14(16)10-5-3-2-4-6-10;14-10-6-7-11(12(15)8-10)13(16)9-4-2-1-3-5-9/h11-13,15-18,20,26H,2-10,14,19H2,1H3;7-9,11-14,16,22H,2-6,10,15H2,1H3;3-8,16-17H,1-2H3;2-8,15H,1H3,(H,17,18,19);2-8,15-16H,1H3;2-9,15H,1H3;1-8,14-15H. The zero-order valence-corrected chi connectivity index (χ0v) is 81.9. The lowest BCUT2D eigenvalue weighted by atomic mass is 10.0. The highest BCUT2D eigenvalue weighted by molar-refractivity contribution is 7.86. The van der Waals surface area contributed by atoms with E-state index in [-0.39, 0.29) is 125 Å². The molecule has 0 atom stereocenters. The molecule has 27 nitrogen and oxygen atoms in total. The number of ether oxygens (including phenoxy) is 7.